The lowest BCUT2D eigenvalue weighted by atomic mass is 10.1. The zero-order chi connectivity index (χ0) is 10.9. The van der Waals surface area contributed by atoms with Gasteiger partial charge in [-0.2, -0.15) is 0 Å². The summed E-state index contributed by atoms with van der Waals surface area (Å²) in [6, 6.07) is 3.48. The minimum absolute atomic E-state index is 0.440. The summed E-state index contributed by atoms with van der Waals surface area (Å²) in [5.74, 6) is 0. The maximum absolute atomic E-state index is 11.0. The molecule has 0 atom stereocenters. The van der Waals surface area contributed by atoms with E-state index in [1.54, 1.807) is 12.1 Å². The van der Waals surface area contributed by atoms with Crippen molar-refractivity contribution in [2.45, 2.75) is 13.8 Å². The number of aryl methyl sites for hydroxylation is 2. The van der Waals surface area contributed by atoms with Crippen LogP contribution < -0.4 is 10.5 Å². The van der Waals surface area contributed by atoms with Crippen LogP contribution >= 0.6 is 0 Å². The van der Waals surface area contributed by atoms with Crippen molar-refractivity contribution in [2.75, 3.05) is 16.7 Å². The highest BCUT2D eigenvalue weighted by atomic mass is 32.2. The van der Waals surface area contributed by atoms with Gasteiger partial charge in [0.1, 0.15) is 0 Å². The van der Waals surface area contributed by atoms with Crippen molar-refractivity contribution < 1.29 is 8.42 Å². The largest absolute Gasteiger partial charge is 0.397 e. The lowest BCUT2D eigenvalue weighted by molar-refractivity contribution is 0.607. The van der Waals surface area contributed by atoms with Crippen LogP contribution in [0.25, 0.3) is 0 Å². The van der Waals surface area contributed by atoms with Gasteiger partial charge in [-0.1, -0.05) is 0 Å². The first-order valence-electron chi connectivity index (χ1n) is 4.14. The number of nitrogens with one attached hydrogen (secondary N) is 1. The molecule has 0 fully saturated rings. The molecule has 0 amide bonds. The van der Waals surface area contributed by atoms with Crippen LogP contribution in [0, 0.1) is 13.8 Å². The SMILES string of the molecule is Cc1cc(N)c(NS(C)(=O)=O)cc1C. The molecule has 0 aliphatic heterocycles. The molecule has 1 aromatic carbocycles. The Balaban J connectivity index is 3.17. The molecule has 1 aromatic rings. The van der Waals surface area contributed by atoms with E-state index in [1.165, 1.54) is 0 Å². The molecule has 0 aromatic heterocycles. The third-order valence-electron chi connectivity index (χ3n) is 1.96. The van der Waals surface area contributed by atoms with E-state index < -0.39 is 10.0 Å². The number of hydrogen-bond donors (Lipinski definition) is 2. The van der Waals surface area contributed by atoms with Gasteiger partial charge in [0, 0.05) is 0 Å². The van der Waals surface area contributed by atoms with E-state index >= 15 is 0 Å². The van der Waals surface area contributed by atoms with Crippen LogP contribution in [-0.2, 0) is 10.0 Å². The molecule has 5 heteroatoms. The van der Waals surface area contributed by atoms with Gasteiger partial charge >= 0.3 is 0 Å². The fourth-order valence-electron chi connectivity index (χ4n) is 1.13. The molecule has 0 radical (unpaired) electrons. The van der Waals surface area contributed by atoms with Crippen molar-refractivity contribution in [3.8, 4) is 0 Å². The fourth-order valence-corrected chi connectivity index (χ4v) is 1.70. The van der Waals surface area contributed by atoms with Gasteiger partial charge < -0.3 is 5.73 Å². The standard InChI is InChI=1S/C9H14N2O2S/c1-6-4-8(10)9(5-7(6)2)11-14(3,12)13/h4-5,11H,10H2,1-3H3. The van der Waals surface area contributed by atoms with Gasteiger partial charge in [0.05, 0.1) is 17.6 Å². The Morgan fingerprint density at radius 1 is 1.21 bits per heavy atom. The van der Waals surface area contributed by atoms with Gasteiger partial charge in [-0.05, 0) is 37.1 Å². The van der Waals surface area contributed by atoms with Crippen molar-refractivity contribution in [1.29, 1.82) is 0 Å². The van der Waals surface area contributed by atoms with Crippen LogP contribution in [0.3, 0.4) is 0 Å². The average Bonchev–Trinajstić information content (AvgIpc) is 1.97. The Bertz CT molecular complexity index is 452. The van der Waals surface area contributed by atoms with Crippen LogP contribution in [0.4, 0.5) is 11.4 Å². The summed E-state index contributed by atoms with van der Waals surface area (Å²) in [5.41, 5.74) is 8.60. The van der Waals surface area contributed by atoms with Gasteiger partial charge in [0.2, 0.25) is 10.0 Å². The summed E-state index contributed by atoms with van der Waals surface area (Å²) in [5, 5.41) is 0. The number of nitrogen functional groups attached to an aromatic ring is 1. The van der Waals surface area contributed by atoms with Crippen LogP contribution in [0.1, 0.15) is 11.1 Å². The van der Waals surface area contributed by atoms with Gasteiger partial charge in [0.15, 0.2) is 0 Å². The van der Waals surface area contributed by atoms with Crippen molar-refractivity contribution in [3.05, 3.63) is 23.3 Å². The number of rotatable bonds is 2. The minimum atomic E-state index is -3.26. The molecule has 4 nitrogen and oxygen atoms in total. The Hall–Kier alpha value is -1.23. The summed E-state index contributed by atoms with van der Waals surface area (Å²) in [7, 11) is -3.26. The first-order valence-corrected chi connectivity index (χ1v) is 6.03. The number of benzene rings is 1. The highest BCUT2D eigenvalue weighted by Gasteiger charge is 2.06. The molecule has 1 rings (SSSR count). The third kappa shape index (κ3) is 2.63. The Labute approximate surface area is 84.2 Å². The van der Waals surface area contributed by atoms with E-state index in [1.807, 2.05) is 13.8 Å². The van der Waals surface area contributed by atoms with Gasteiger partial charge in [0.25, 0.3) is 0 Å². The number of sulfonamides is 1. The van der Waals surface area contributed by atoms with Crippen LogP contribution in [-0.4, -0.2) is 14.7 Å². The Morgan fingerprint density at radius 2 is 1.71 bits per heavy atom. The van der Waals surface area contributed by atoms with Crippen molar-refractivity contribution in [3.63, 3.8) is 0 Å². The molecule has 3 N–H and O–H groups in total. The van der Waals surface area contributed by atoms with E-state index in [4.69, 9.17) is 5.73 Å². The van der Waals surface area contributed by atoms with E-state index in [0.717, 1.165) is 17.4 Å². The van der Waals surface area contributed by atoms with E-state index in [2.05, 4.69) is 4.72 Å². The second-order valence-electron chi connectivity index (χ2n) is 3.40. The summed E-state index contributed by atoms with van der Waals surface area (Å²) in [4.78, 5) is 0. The molecule has 0 aliphatic carbocycles. The van der Waals surface area contributed by atoms with E-state index in [0.29, 0.717) is 11.4 Å². The fraction of sp³-hybridized carbons (Fsp3) is 0.333. The Kier molecular flexibility index (Phi) is 2.71. The molecule has 0 saturated carbocycles. The molecule has 0 unspecified atom stereocenters. The Morgan fingerprint density at radius 3 is 2.21 bits per heavy atom. The molecule has 0 saturated heterocycles. The second kappa shape index (κ2) is 3.49. The number of anilines is 2. The molecule has 0 spiro atoms. The lowest BCUT2D eigenvalue weighted by Gasteiger charge is -2.10. The smallest absolute Gasteiger partial charge is 0.229 e. The molecule has 0 bridgehead atoms. The van der Waals surface area contributed by atoms with Gasteiger partial charge in [-0.15, -0.1) is 0 Å². The summed E-state index contributed by atoms with van der Waals surface area (Å²) in [6.45, 7) is 3.83. The minimum Gasteiger partial charge on any atom is -0.397 e. The van der Waals surface area contributed by atoms with E-state index in [-0.39, 0.29) is 0 Å². The average molecular weight is 214 g/mol. The lowest BCUT2D eigenvalue weighted by Crippen LogP contribution is -2.11. The van der Waals surface area contributed by atoms with Crippen molar-refractivity contribution in [2.24, 2.45) is 0 Å². The second-order valence-corrected chi connectivity index (χ2v) is 5.15. The summed E-state index contributed by atoms with van der Waals surface area (Å²) in [6.07, 6.45) is 1.10. The monoisotopic (exact) mass is 214 g/mol. The molecular formula is C9H14N2O2S. The normalized spacial score (nSPS) is 11.4. The van der Waals surface area contributed by atoms with Gasteiger partial charge in [-0.3, -0.25) is 4.72 Å². The predicted molar refractivity (Wildman–Crippen MR) is 58.8 cm³/mol. The number of nitrogens with two attached hydrogens (primary N) is 1. The maximum atomic E-state index is 11.0. The molecular weight excluding hydrogens is 200 g/mol. The zero-order valence-corrected chi connectivity index (χ0v) is 9.27. The highest BCUT2D eigenvalue weighted by Crippen LogP contribution is 2.23. The molecule has 0 heterocycles. The quantitative estimate of drug-likeness (QED) is 0.728. The third-order valence-corrected chi connectivity index (χ3v) is 2.55. The van der Waals surface area contributed by atoms with Crippen LogP contribution in [0.15, 0.2) is 12.1 Å². The maximum Gasteiger partial charge on any atom is 0.229 e. The zero-order valence-electron chi connectivity index (χ0n) is 8.46. The van der Waals surface area contributed by atoms with Crippen molar-refractivity contribution >= 4 is 21.4 Å². The van der Waals surface area contributed by atoms with E-state index in [9.17, 15) is 8.42 Å². The summed E-state index contributed by atoms with van der Waals surface area (Å²) < 4.78 is 24.3. The van der Waals surface area contributed by atoms with Crippen molar-refractivity contribution in [1.82, 2.24) is 0 Å². The van der Waals surface area contributed by atoms with Crippen LogP contribution in [0.5, 0.6) is 0 Å². The molecule has 14 heavy (non-hydrogen) atoms. The topological polar surface area (TPSA) is 72.2 Å². The molecule has 0 aliphatic rings. The van der Waals surface area contributed by atoms with Gasteiger partial charge in [-0.25, -0.2) is 8.42 Å². The first-order chi connectivity index (χ1) is 6.29. The van der Waals surface area contributed by atoms with Crippen LogP contribution in [0.2, 0.25) is 0 Å². The number of hydrogen-bond acceptors (Lipinski definition) is 3. The predicted octanol–water partition coefficient (Wildman–Crippen LogP) is 1.26. The first kappa shape index (κ1) is 10.8. The molecule has 78 valence electrons. The highest BCUT2D eigenvalue weighted by molar-refractivity contribution is 7.92. The summed E-state index contributed by atoms with van der Waals surface area (Å²) >= 11 is 0.